The highest BCUT2D eigenvalue weighted by Gasteiger charge is 2.26. The van der Waals surface area contributed by atoms with Crippen molar-refractivity contribution in [1.29, 1.82) is 5.41 Å². The average molecular weight is 252 g/mol. The van der Waals surface area contributed by atoms with Crippen molar-refractivity contribution >= 4 is 23.9 Å². The number of hydrogen-bond donors (Lipinski definition) is 2. The third-order valence-electron chi connectivity index (χ3n) is 3.66. The molecular formula is C16H16N2O. The molecule has 3 heteroatoms. The molecule has 0 radical (unpaired) electrons. The van der Waals surface area contributed by atoms with Gasteiger partial charge in [-0.25, -0.2) is 0 Å². The first-order valence-corrected chi connectivity index (χ1v) is 6.49. The standard InChI is InChI=1S/C16H16N2O/c1-9(2)10-3-4-11-6-13-8-15(17)18-16(19)14(13)7-12(11)5-10/h3-9,14H,1-2H3,(H2,17,18,19). The summed E-state index contributed by atoms with van der Waals surface area (Å²) in [5.41, 5.74) is 2.18. The number of rotatable bonds is 1. The molecule has 96 valence electrons. The molecule has 0 saturated heterocycles. The van der Waals surface area contributed by atoms with Crippen LogP contribution in [-0.2, 0) is 4.79 Å². The number of amides is 1. The summed E-state index contributed by atoms with van der Waals surface area (Å²) in [6, 6.07) is 6.37. The zero-order valence-electron chi connectivity index (χ0n) is 11.0. The van der Waals surface area contributed by atoms with E-state index in [0.29, 0.717) is 5.92 Å². The molecule has 0 bridgehead atoms. The van der Waals surface area contributed by atoms with Gasteiger partial charge >= 0.3 is 0 Å². The monoisotopic (exact) mass is 252 g/mol. The van der Waals surface area contributed by atoms with E-state index in [2.05, 4.69) is 37.4 Å². The predicted octanol–water partition coefficient (Wildman–Crippen LogP) is 1.03. The molecule has 1 aromatic rings. The Kier molecular flexibility index (Phi) is 2.63. The van der Waals surface area contributed by atoms with E-state index in [1.165, 1.54) is 5.56 Å². The van der Waals surface area contributed by atoms with Crippen LogP contribution in [0.1, 0.15) is 25.3 Å². The molecule has 3 nitrogen and oxygen atoms in total. The van der Waals surface area contributed by atoms with Gasteiger partial charge in [0, 0.05) is 0 Å². The van der Waals surface area contributed by atoms with Crippen molar-refractivity contribution in [2.45, 2.75) is 19.8 Å². The Hall–Kier alpha value is -2.16. The fourth-order valence-corrected chi connectivity index (χ4v) is 2.54. The summed E-state index contributed by atoms with van der Waals surface area (Å²) in [6.45, 7) is 4.32. The van der Waals surface area contributed by atoms with Crippen LogP contribution in [0.3, 0.4) is 0 Å². The van der Waals surface area contributed by atoms with Gasteiger partial charge in [0.15, 0.2) is 0 Å². The smallest absolute Gasteiger partial charge is 0.236 e. The fourth-order valence-electron chi connectivity index (χ4n) is 2.54. The van der Waals surface area contributed by atoms with E-state index in [4.69, 9.17) is 5.41 Å². The molecule has 1 aliphatic carbocycles. The van der Waals surface area contributed by atoms with Gasteiger partial charge in [0.25, 0.3) is 0 Å². The van der Waals surface area contributed by atoms with Crippen molar-refractivity contribution in [3.63, 3.8) is 0 Å². The van der Waals surface area contributed by atoms with Crippen LogP contribution in [0.5, 0.6) is 0 Å². The fraction of sp³-hybridized carbons (Fsp3) is 0.250. The Morgan fingerprint density at radius 2 is 2.00 bits per heavy atom. The molecule has 3 rings (SSSR count). The van der Waals surface area contributed by atoms with E-state index in [1.807, 2.05) is 12.2 Å². The number of benzene rings is 1. The van der Waals surface area contributed by atoms with Gasteiger partial charge in [0.05, 0.1) is 5.92 Å². The minimum Gasteiger partial charge on any atom is -0.310 e. The highest BCUT2D eigenvalue weighted by Crippen LogP contribution is 2.20. The molecule has 1 aliphatic heterocycles. The van der Waals surface area contributed by atoms with Crippen LogP contribution in [0, 0.1) is 11.3 Å². The van der Waals surface area contributed by atoms with E-state index in [1.54, 1.807) is 6.08 Å². The van der Waals surface area contributed by atoms with Crippen LogP contribution < -0.4 is 15.8 Å². The van der Waals surface area contributed by atoms with Gasteiger partial charge in [0.2, 0.25) is 5.91 Å². The predicted molar refractivity (Wildman–Crippen MR) is 76.2 cm³/mol. The molecule has 1 amide bonds. The summed E-state index contributed by atoms with van der Waals surface area (Å²) < 4.78 is 0. The Morgan fingerprint density at radius 3 is 2.74 bits per heavy atom. The molecule has 1 heterocycles. The second kappa shape index (κ2) is 4.19. The Bertz CT molecular complexity index is 726. The molecule has 1 atom stereocenters. The average Bonchev–Trinajstić information content (AvgIpc) is 2.36. The van der Waals surface area contributed by atoms with Crippen molar-refractivity contribution in [3.8, 4) is 0 Å². The summed E-state index contributed by atoms with van der Waals surface area (Å²) in [6.07, 6.45) is 5.73. The van der Waals surface area contributed by atoms with Gasteiger partial charge in [-0.15, -0.1) is 0 Å². The first kappa shape index (κ1) is 11.9. The van der Waals surface area contributed by atoms with Gasteiger partial charge in [0.1, 0.15) is 5.84 Å². The van der Waals surface area contributed by atoms with E-state index in [-0.39, 0.29) is 17.7 Å². The Balaban J connectivity index is 2.21. The highest BCUT2D eigenvalue weighted by molar-refractivity contribution is 6.11. The summed E-state index contributed by atoms with van der Waals surface area (Å²) in [5.74, 6) is 0.274. The first-order valence-electron chi connectivity index (χ1n) is 6.49. The van der Waals surface area contributed by atoms with E-state index in [9.17, 15) is 4.79 Å². The summed E-state index contributed by atoms with van der Waals surface area (Å²) >= 11 is 0. The summed E-state index contributed by atoms with van der Waals surface area (Å²) in [4.78, 5) is 11.9. The number of fused-ring (bicyclic) bond motifs is 2. The second-order valence-corrected chi connectivity index (χ2v) is 5.38. The number of amidine groups is 1. The number of nitrogens with one attached hydrogen (secondary N) is 2. The zero-order chi connectivity index (χ0) is 13.6. The number of hydrogen-bond acceptors (Lipinski definition) is 2. The molecule has 0 spiro atoms. The van der Waals surface area contributed by atoms with Crippen LogP contribution in [0.2, 0.25) is 0 Å². The van der Waals surface area contributed by atoms with Crippen molar-refractivity contribution in [2.24, 2.45) is 5.92 Å². The molecule has 0 saturated carbocycles. The maximum atomic E-state index is 11.9. The van der Waals surface area contributed by atoms with Gasteiger partial charge in [-0.3, -0.25) is 10.2 Å². The maximum absolute atomic E-state index is 11.9. The number of carbonyl (C=O) groups is 1. The lowest BCUT2D eigenvalue weighted by Gasteiger charge is -2.22. The van der Waals surface area contributed by atoms with E-state index >= 15 is 0 Å². The van der Waals surface area contributed by atoms with E-state index < -0.39 is 0 Å². The molecule has 2 aliphatic rings. The van der Waals surface area contributed by atoms with Crippen LogP contribution in [0.4, 0.5) is 0 Å². The number of carbonyl (C=O) groups excluding carboxylic acids is 1. The van der Waals surface area contributed by atoms with Gasteiger partial charge in [-0.1, -0.05) is 38.1 Å². The molecule has 0 aromatic heterocycles. The van der Waals surface area contributed by atoms with Crippen LogP contribution in [0.25, 0.3) is 12.2 Å². The quantitative estimate of drug-likeness (QED) is 0.771. The van der Waals surface area contributed by atoms with Gasteiger partial charge < -0.3 is 5.32 Å². The Labute approximate surface area is 111 Å². The Morgan fingerprint density at radius 1 is 1.21 bits per heavy atom. The maximum Gasteiger partial charge on any atom is 0.236 e. The van der Waals surface area contributed by atoms with E-state index in [0.717, 1.165) is 16.0 Å². The minimum atomic E-state index is -0.260. The molecule has 0 fully saturated rings. The molecule has 2 N–H and O–H groups in total. The third-order valence-corrected chi connectivity index (χ3v) is 3.66. The lowest BCUT2D eigenvalue weighted by atomic mass is 9.87. The zero-order valence-corrected chi connectivity index (χ0v) is 11.0. The minimum absolute atomic E-state index is 0.112. The van der Waals surface area contributed by atoms with Crippen LogP contribution in [0.15, 0.2) is 29.8 Å². The topological polar surface area (TPSA) is 53.0 Å². The summed E-state index contributed by atoms with van der Waals surface area (Å²) in [5, 5.41) is 12.4. The SMILES string of the molecule is CC(C)c1ccc2c(c1)=CC1C(=O)NC(=N)C=C1C=2. The largest absolute Gasteiger partial charge is 0.310 e. The van der Waals surface area contributed by atoms with Crippen molar-refractivity contribution in [1.82, 2.24) is 5.32 Å². The molecular weight excluding hydrogens is 236 g/mol. The molecule has 1 unspecified atom stereocenters. The third kappa shape index (κ3) is 2.01. The van der Waals surface area contributed by atoms with Crippen LogP contribution in [-0.4, -0.2) is 11.7 Å². The lowest BCUT2D eigenvalue weighted by molar-refractivity contribution is -0.120. The van der Waals surface area contributed by atoms with Crippen LogP contribution >= 0.6 is 0 Å². The first-order chi connectivity index (χ1) is 9.04. The lowest BCUT2D eigenvalue weighted by Crippen LogP contribution is -2.42. The highest BCUT2D eigenvalue weighted by atomic mass is 16.2. The van der Waals surface area contributed by atoms with Gasteiger partial charge in [-0.05, 0) is 39.6 Å². The van der Waals surface area contributed by atoms with Gasteiger partial charge in [-0.2, -0.15) is 0 Å². The van der Waals surface area contributed by atoms with Crippen molar-refractivity contribution in [3.05, 3.63) is 45.8 Å². The van der Waals surface area contributed by atoms with Crippen molar-refractivity contribution in [2.75, 3.05) is 0 Å². The molecule has 1 aromatic carbocycles. The second-order valence-electron chi connectivity index (χ2n) is 5.38. The normalized spacial score (nSPS) is 20.8. The summed E-state index contributed by atoms with van der Waals surface area (Å²) in [7, 11) is 0. The molecule has 19 heavy (non-hydrogen) atoms. The van der Waals surface area contributed by atoms with Crippen molar-refractivity contribution < 1.29 is 4.79 Å².